The van der Waals surface area contributed by atoms with Gasteiger partial charge in [-0.15, -0.1) is 14.1 Å². The van der Waals surface area contributed by atoms with Crippen molar-refractivity contribution in [3.8, 4) is 0 Å². The van der Waals surface area contributed by atoms with Crippen LogP contribution in [0.1, 0.15) is 103 Å². The molecule has 0 fully saturated rings. The van der Waals surface area contributed by atoms with Crippen LogP contribution in [0.5, 0.6) is 0 Å². The zero-order chi connectivity index (χ0) is 41.5. The highest BCUT2D eigenvalue weighted by molar-refractivity contribution is 6.06. The molecule has 306 valence electrons. The number of allylic oxidation sites excluding steroid dienone is 2. The van der Waals surface area contributed by atoms with Gasteiger partial charge < -0.3 is 20.4 Å². The highest BCUT2D eigenvalue weighted by Crippen LogP contribution is 2.43. The van der Waals surface area contributed by atoms with Gasteiger partial charge in [-0.1, -0.05) is 24.3 Å². The molecule has 0 radical (unpaired) electrons. The fourth-order valence-electron chi connectivity index (χ4n) is 9.14. The zero-order valence-electron chi connectivity index (χ0n) is 36.8. The van der Waals surface area contributed by atoms with Gasteiger partial charge >= 0.3 is 0 Å². The van der Waals surface area contributed by atoms with Crippen LogP contribution in [-0.2, 0) is 10.8 Å². The Kier molecular flexibility index (Phi) is 13.9. The second-order valence-electron chi connectivity index (χ2n) is 16.9. The maximum absolute atomic E-state index is 4.07. The zero-order valence-corrected chi connectivity index (χ0v) is 36.8. The van der Waals surface area contributed by atoms with Gasteiger partial charge in [-0.2, -0.15) is 9.15 Å². The maximum atomic E-state index is 4.07. The molecule has 0 amide bonds. The molecular weight excluding hydrogens is 709 g/mol. The Labute approximate surface area is 350 Å². The van der Waals surface area contributed by atoms with Crippen LogP contribution in [0.25, 0.3) is 12.2 Å². The topological polar surface area (TPSA) is 45.7 Å². The number of benzene rings is 4. The SMILES string of the molecule is [CH2-][NH2+]c1ccc2c(c1)C(C)(C)C(C=Cc1ccc(N(CC)CC)cc1)=[N+]2CCCCCC[N+]1=C(C=Cc2ccc(N(CC)CC)cc2)C(C)(C)c2cc([NH2+][CH2-])ccc21. The molecule has 0 unspecified atom stereocenters. The van der Waals surface area contributed by atoms with E-state index in [1.54, 1.807) is 0 Å². The molecule has 2 heterocycles. The Balaban J connectivity index is 1.18. The molecule has 0 aliphatic carbocycles. The molecule has 0 atom stereocenters. The van der Waals surface area contributed by atoms with E-state index in [4.69, 9.17) is 0 Å². The normalized spacial score (nSPS) is 15.6. The number of rotatable bonds is 19. The van der Waals surface area contributed by atoms with Crippen molar-refractivity contribution in [2.45, 2.75) is 91.9 Å². The molecule has 4 N–H and O–H groups in total. The third-order valence-electron chi connectivity index (χ3n) is 12.7. The van der Waals surface area contributed by atoms with Gasteiger partial charge in [0.25, 0.3) is 0 Å². The summed E-state index contributed by atoms with van der Waals surface area (Å²) >= 11 is 0. The second-order valence-corrected chi connectivity index (χ2v) is 16.9. The molecule has 6 nitrogen and oxygen atoms in total. The minimum Gasteiger partial charge on any atom is -0.446 e. The Morgan fingerprint density at radius 3 is 1.19 bits per heavy atom. The fourth-order valence-corrected chi connectivity index (χ4v) is 9.14. The third kappa shape index (κ3) is 8.94. The van der Waals surface area contributed by atoms with E-state index in [0.29, 0.717) is 0 Å². The predicted octanol–water partition coefficient (Wildman–Crippen LogP) is 9.79. The van der Waals surface area contributed by atoms with Crippen LogP contribution < -0.4 is 20.4 Å². The van der Waals surface area contributed by atoms with E-state index in [1.807, 2.05) is 10.6 Å². The number of anilines is 2. The van der Waals surface area contributed by atoms with E-state index in [-0.39, 0.29) is 10.8 Å². The molecule has 0 saturated heterocycles. The first kappa shape index (κ1) is 42.8. The minimum absolute atomic E-state index is 0.111. The molecule has 4 aromatic carbocycles. The molecule has 0 saturated carbocycles. The quantitative estimate of drug-likeness (QED) is 0.0431. The van der Waals surface area contributed by atoms with Crippen molar-refractivity contribution in [2.75, 3.05) is 49.1 Å². The Morgan fingerprint density at radius 1 is 0.500 bits per heavy atom. The third-order valence-corrected chi connectivity index (χ3v) is 12.7. The Hall–Kier alpha value is -4.78. The molecule has 4 aromatic rings. The van der Waals surface area contributed by atoms with Crippen LogP contribution in [0, 0.1) is 14.1 Å². The van der Waals surface area contributed by atoms with Gasteiger partial charge in [0.1, 0.15) is 24.5 Å². The lowest BCUT2D eigenvalue weighted by Crippen LogP contribution is -2.69. The van der Waals surface area contributed by atoms with Crippen LogP contribution >= 0.6 is 0 Å². The molecule has 6 rings (SSSR count). The van der Waals surface area contributed by atoms with Crippen molar-refractivity contribution in [3.05, 3.63) is 133 Å². The van der Waals surface area contributed by atoms with E-state index in [1.165, 1.54) is 80.6 Å². The van der Waals surface area contributed by atoms with Crippen molar-refractivity contribution in [3.63, 3.8) is 0 Å². The van der Waals surface area contributed by atoms with Crippen molar-refractivity contribution >= 4 is 57.7 Å². The number of hydrogen-bond donors (Lipinski definition) is 2. The molecular formula is C52H70N6+2. The monoisotopic (exact) mass is 779 g/mol. The lowest BCUT2D eigenvalue weighted by atomic mass is 9.81. The van der Waals surface area contributed by atoms with E-state index >= 15 is 0 Å². The molecule has 6 heteroatoms. The molecule has 0 spiro atoms. The van der Waals surface area contributed by atoms with Crippen LogP contribution in [0.3, 0.4) is 0 Å². The number of hydrogen-bond acceptors (Lipinski definition) is 2. The first-order chi connectivity index (χ1) is 28.0. The number of quaternary nitrogens is 2. The number of nitrogens with two attached hydrogens (primary N) is 2. The van der Waals surface area contributed by atoms with Crippen molar-refractivity contribution in [1.82, 2.24) is 0 Å². The maximum Gasteiger partial charge on any atom is 0.210 e. The van der Waals surface area contributed by atoms with E-state index in [0.717, 1.165) is 52.1 Å². The number of fused-ring (bicyclic) bond motifs is 2. The summed E-state index contributed by atoms with van der Waals surface area (Å²) < 4.78 is 5.18. The van der Waals surface area contributed by atoms with Crippen molar-refractivity contribution in [1.29, 1.82) is 0 Å². The molecule has 0 aromatic heterocycles. The first-order valence-electron chi connectivity index (χ1n) is 21.9. The Morgan fingerprint density at radius 2 is 0.862 bits per heavy atom. The molecule has 58 heavy (non-hydrogen) atoms. The van der Waals surface area contributed by atoms with Gasteiger partial charge in [-0.25, -0.2) is 0 Å². The summed E-state index contributed by atoms with van der Waals surface area (Å²) in [5, 5.41) is 3.93. The summed E-state index contributed by atoms with van der Waals surface area (Å²) in [7, 11) is 8.15. The van der Waals surface area contributed by atoms with Crippen molar-refractivity contribution in [2.24, 2.45) is 0 Å². The standard InChI is InChI=1S/C52H70N6/c1-11-55(12-2)43-27-19-39(20-28-43)23-33-49-51(5,6)45-37-41(53-9)25-31-47(45)57(49)35-17-15-16-18-36-58-48-32-26-42(54-10)38-46(48)52(7,8)50(58)34-24-40-21-29-44(30-22-40)56(13-3)14-4/h19-34,37-38H,9-18,35-36,53-54H2,1-8H3/q+2. The van der Waals surface area contributed by atoms with Crippen molar-refractivity contribution < 1.29 is 19.8 Å². The molecule has 0 bridgehead atoms. The summed E-state index contributed by atoms with van der Waals surface area (Å²) in [6, 6.07) is 31.7. The summed E-state index contributed by atoms with van der Waals surface area (Å²) in [5.41, 5.74) is 15.3. The van der Waals surface area contributed by atoms with E-state index in [9.17, 15) is 0 Å². The first-order valence-corrected chi connectivity index (χ1v) is 21.9. The fraction of sp³-hybridized carbons (Fsp3) is 0.385. The molecule has 2 aliphatic rings. The van der Waals surface area contributed by atoms with Gasteiger partial charge in [-0.05, 0) is 116 Å². The summed E-state index contributed by atoms with van der Waals surface area (Å²) in [6.07, 6.45) is 14.0. The predicted molar refractivity (Wildman–Crippen MR) is 249 cm³/mol. The van der Waals surface area contributed by atoms with Crippen LogP contribution in [0.4, 0.5) is 34.1 Å². The van der Waals surface area contributed by atoms with Crippen LogP contribution in [-0.4, -0.2) is 59.8 Å². The average molecular weight is 779 g/mol. The highest BCUT2D eigenvalue weighted by Gasteiger charge is 2.45. The summed E-state index contributed by atoms with van der Waals surface area (Å²) in [6.45, 7) is 24.4. The van der Waals surface area contributed by atoms with Crippen LogP contribution in [0.2, 0.25) is 0 Å². The second kappa shape index (κ2) is 18.9. The summed E-state index contributed by atoms with van der Waals surface area (Å²) in [5.74, 6) is 0. The Bertz CT molecular complexity index is 1990. The summed E-state index contributed by atoms with van der Waals surface area (Å²) in [4.78, 5) is 4.79. The van der Waals surface area contributed by atoms with Crippen LogP contribution in [0.15, 0.2) is 97.1 Å². The average Bonchev–Trinajstić information content (AvgIpc) is 3.58. The van der Waals surface area contributed by atoms with E-state index < -0.39 is 0 Å². The lowest BCUT2D eigenvalue weighted by Gasteiger charge is -2.20. The largest absolute Gasteiger partial charge is 0.446 e. The minimum atomic E-state index is -0.111. The van der Waals surface area contributed by atoms with Gasteiger partial charge in [0.15, 0.2) is 11.4 Å². The van der Waals surface area contributed by atoms with Gasteiger partial charge in [-0.3, -0.25) is 0 Å². The van der Waals surface area contributed by atoms with Gasteiger partial charge in [0, 0.05) is 110 Å². The lowest BCUT2D eigenvalue weighted by molar-refractivity contribution is -0.505. The van der Waals surface area contributed by atoms with Gasteiger partial charge in [0.05, 0.1) is 10.8 Å². The number of unbranched alkanes of at least 4 members (excludes halogenated alkanes) is 3. The smallest absolute Gasteiger partial charge is 0.210 e. The number of nitrogens with zero attached hydrogens (tertiary/aromatic N) is 4. The van der Waals surface area contributed by atoms with E-state index in [2.05, 4.69) is 198 Å². The molecule has 2 aliphatic heterocycles. The van der Waals surface area contributed by atoms with Gasteiger partial charge in [0.2, 0.25) is 11.4 Å². The highest BCUT2D eigenvalue weighted by atomic mass is 15.1.